The van der Waals surface area contributed by atoms with Crippen LogP contribution in [-0.4, -0.2) is 21.4 Å². The summed E-state index contributed by atoms with van der Waals surface area (Å²) >= 11 is 0. The molecule has 0 aliphatic carbocycles. The molecule has 1 aromatic heterocycles. The maximum absolute atomic E-state index is 12.5. The Morgan fingerprint density at radius 2 is 2.12 bits per heavy atom. The Hall–Kier alpha value is -3.15. The minimum absolute atomic E-state index is 0.00271. The van der Waals surface area contributed by atoms with Crippen molar-refractivity contribution in [2.75, 3.05) is 5.32 Å². The molecule has 0 radical (unpaired) electrons. The number of benzene rings is 2. The molecular weight excluding hydrogens is 328 g/mol. The lowest BCUT2D eigenvalue weighted by Gasteiger charge is -2.14. The van der Waals surface area contributed by atoms with Crippen molar-refractivity contribution >= 4 is 28.5 Å². The molecule has 1 unspecified atom stereocenters. The predicted molar refractivity (Wildman–Crippen MR) is 99.8 cm³/mol. The maximum Gasteiger partial charge on any atom is 0.228 e. The van der Waals surface area contributed by atoms with Crippen molar-refractivity contribution in [1.82, 2.24) is 14.9 Å². The van der Waals surface area contributed by atoms with Gasteiger partial charge < -0.3 is 15.2 Å². The van der Waals surface area contributed by atoms with Gasteiger partial charge in [-0.05, 0) is 36.2 Å². The molecule has 4 rings (SSSR count). The van der Waals surface area contributed by atoms with E-state index >= 15 is 0 Å². The molecule has 3 aromatic rings. The van der Waals surface area contributed by atoms with Crippen LogP contribution in [0.2, 0.25) is 0 Å². The first-order chi connectivity index (χ1) is 12.5. The average Bonchev–Trinajstić information content (AvgIpc) is 3.14. The monoisotopic (exact) mass is 348 g/mol. The lowest BCUT2D eigenvalue weighted by Crippen LogP contribution is -2.29. The Kier molecular flexibility index (Phi) is 3.95. The van der Waals surface area contributed by atoms with Gasteiger partial charge in [-0.15, -0.1) is 0 Å². The molecule has 0 saturated carbocycles. The normalized spacial score (nSPS) is 14.2. The number of carbonyl (C=O) groups excluding carboxylic acids is 2. The predicted octanol–water partition coefficient (Wildman–Crippen LogP) is 2.49. The van der Waals surface area contributed by atoms with E-state index < -0.39 is 0 Å². The summed E-state index contributed by atoms with van der Waals surface area (Å²) in [6.45, 7) is 1.93. The first-order valence-corrected chi connectivity index (χ1v) is 8.63. The van der Waals surface area contributed by atoms with E-state index in [-0.39, 0.29) is 24.3 Å². The number of fused-ring (bicyclic) bond motifs is 2. The standard InChI is InChI=1S/C20H20N4O2/c1-12(20-23-15-5-3-4-6-17(15)24(20)2)21-18(25)10-13-7-8-14-11-19(26)22-16(14)9-13/h3-9,12H,10-11H2,1-2H3,(H,21,25)(H,22,26). The summed E-state index contributed by atoms with van der Waals surface area (Å²) in [6.07, 6.45) is 0.670. The summed E-state index contributed by atoms with van der Waals surface area (Å²) in [4.78, 5) is 28.5. The minimum atomic E-state index is -0.200. The molecule has 132 valence electrons. The van der Waals surface area contributed by atoms with Gasteiger partial charge >= 0.3 is 0 Å². The van der Waals surface area contributed by atoms with E-state index in [4.69, 9.17) is 0 Å². The second kappa shape index (κ2) is 6.29. The number of hydrogen-bond acceptors (Lipinski definition) is 3. The van der Waals surface area contributed by atoms with Gasteiger partial charge in [0, 0.05) is 12.7 Å². The SMILES string of the molecule is CC(NC(=O)Cc1ccc2c(c1)NC(=O)C2)c1nc2ccccc2n1C. The number of nitrogens with one attached hydrogen (secondary N) is 2. The molecule has 0 saturated heterocycles. The van der Waals surface area contributed by atoms with Crippen LogP contribution in [-0.2, 0) is 29.5 Å². The molecule has 2 amide bonds. The van der Waals surface area contributed by atoms with Gasteiger partial charge in [0.15, 0.2) is 0 Å². The zero-order valence-electron chi connectivity index (χ0n) is 14.7. The second-order valence-corrected chi connectivity index (χ2v) is 6.70. The number of nitrogens with zero attached hydrogens (tertiary/aromatic N) is 2. The minimum Gasteiger partial charge on any atom is -0.346 e. The topological polar surface area (TPSA) is 76.0 Å². The first-order valence-electron chi connectivity index (χ1n) is 8.63. The summed E-state index contributed by atoms with van der Waals surface area (Å²) in [7, 11) is 1.95. The van der Waals surface area contributed by atoms with E-state index in [2.05, 4.69) is 15.6 Å². The Balaban J connectivity index is 1.47. The smallest absolute Gasteiger partial charge is 0.228 e. The van der Waals surface area contributed by atoms with Crippen LogP contribution < -0.4 is 10.6 Å². The van der Waals surface area contributed by atoms with Crippen molar-refractivity contribution < 1.29 is 9.59 Å². The molecule has 2 aromatic carbocycles. The lowest BCUT2D eigenvalue weighted by atomic mass is 10.1. The van der Waals surface area contributed by atoms with Crippen molar-refractivity contribution in [1.29, 1.82) is 0 Å². The molecule has 0 fully saturated rings. The molecular formula is C20H20N4O2. The Morgan fingerprint density at radius 3 is 2.92 bits per heavy atom. The van der Waals surface area contributed by atoms with Crippen LogP contribution in [0, 0.1) is 0 Å². The third-order valence-corrected chi connectivity index (χ3v) is 4.75. The number of para-hydroxylation sites is 2. The number of hydrogen-bond donors (Lipinski definition) is 2. The fourth-order valence-electron chi connectivity index (χ4n) is 3.47. The Morgan fingerprint density at radius 1 is 1.31 bits per heavy atom. The summed E-state index contributed by atoms with van der Waals surface area (Å²) in [5.74, 6) is 0.742. The molecule has 2 heterocycles. The van der Waals surface area contributed by atoms with Crippen LogP contribution in [0.15, 0.2) is 42.5 Å². The molecule has 0 spiro atoms. The molecule has 6 nitrogen and oxygen atoms in total. The summed E-state index contributed by atoms with van der Waals surface area (Å²) in [5, 5.41) is 5.83. The van der Waals surface area contributed by atoms with E-state index in [0.717, 1.165) is 33.7 Å². The van der Waals surface area contributed by atoms with Crippen LogP contribution in [0.25, 0.3) is 11.0 Å². The number of amides is 2. The number of rotatable bonds is 4. The van der Waals surface area contributed by atoms with Crippen molar-refractivity contribution in [3.05, 3.63) is 59.4 Å². The highest BCUT2D eigenvalue weighted by Gasteiger charge is 2.19. The van der Waals surface area contributed by atoms with E-state index in [1.807, 2.05) is 61.0 Å². The highest BCUT2D eigenvalue weighted by molar-refractivity contribution is 5.99. The largest absolute Gasteiger partial charge is 0.346 e. The molecule has 6 heteroatoms. The van der Waals surface area contributed by atoms with Gasteiger partial charge in [-0.3, -0.25) is 9.59 Å². The fourth-order valence-corrected chi connectivity index (χ4v) is 3.47. The molecule has 1 aliphatic rings. The molecule has 2 N–H and O–H groups in total. The summed E-state index contributed by atoms with van der Waals surface area (Å²) < 4.78 is 2.01. The zero-order chi connectivity index (χ0) is 18.3. The molecule has 1 atom stereocenters. The van der Waals surface area contributed by atoms with Crippen LogP contribution in [0.4, 0.5) is 5.69 Å². The Labute approximate surface area is 151 Å². The number of imidazole rings is 1. The summed E-state index contributed by atoms with van der Waals surface area (Å²) in [6, 6.07) is 13.4. The average molecular weight is 348 g/mol. The van der Waals surface area contributed by atoms with Crippen LogP contribution in [0.3, 0.4) is 0 Å². The highest BCUT2D eigenvalue weighted by Crippen LogP contribution is 2.24. The third kappa shape index (κ3) is 2.94. The Bertz CT molecular complexity index is 1020. The molecule has 1 aliphatic heterocycles. The van der Waals surface area contributed by atoms with Crippen LogP contribution in [0.1, 0.15) is 29.9 Å². The first kappa shape index (κ1) is 16.3. The van der Waals surface area contributed by atoms with Crippen molar-refractivity contribution in [2.24, 2.45) is 7.05 Å². The van der Waals surface area contributed by atoms with Gasteiger partial charge in [0.2, 0.25) is 11.8 Å². The van der Waals surface area contributed by atoms with Gasteiger partial charge in [-0.1, -0.05) is 24.3 Å². The highest BCUT2D eigenvalue weighted by atomic mass is 16.2. The quantitative estimate of drug-likeness (QED) is 0.760. The van der Waals surface area contributed by atoms with Crippen LogP contribution >= 0.6 is 0 Å². The van der Waals surface area contributed by atoms with Crippen molar-refractivity contribution in [3.8, 4) is 0 Å². The third-order valence-electron chi connectivity index (χ3n) is 4.75. The van der Waals surface area contributed by atoms with Gasteiger partial charge in [0.25, 0.3) is 0 Å². The zero-order valence-corrected chi connectivity index (χ0v) is 14.7. The van der Waals surface area contributed by atoms with Crippen LogP contribution in [0.5, 0.6) is 0 Å². The van der Waals surface area contributed by atoms with E-state index in [9.17, 15) is 9.59 Å². The molecule has 26 heavy (non-hydrogen) atoms. The fraction of sp³-hybridized carbons (Fsp3) is 0.250. The number of aromatic nitrogens is 2. The van der Waals surface area contributed by atoms with E-state index in [1.165, 1.54) is 0 Å². The van der Waals surface area contributed by atoms with E-state index in [0.29, 0.717) is 6.42 Å². The van der Waals surface area contributed by atoms with Gasteiger partial charge in [0.1, 0.15) is 5.82 Å². The number of aryl methyl sites for hydroxylation is 1. The summed E-state index contributed by atoms with van der Waals surface area (Å²) in [5.41, 5.74) is 4.62. The van der Waals surface area contributed by atoms with E-state index in [1.54, 1.807) is 0 Å². The van der Waals surface area contributed by atoms with Crippen molar-refractivity contribution in [2.45, 2.75) is 25.8 Å². The van der Waals surface area contributed by atoms with Gasteiger partial charge in [0.05, 0.1) is 29.9 Å². The molecule has 0 bridgehead atoms. The maximum atomic E-state index is 12.5. The number of carbonyl (C=O) groups is 2. The second-order valence-electron chi connectivity index (χ2n) is 6.70. The van der Waals surface area contributed by atoms with Crippen molar-refractivity contribution in [3.63, 3.8) is 0 Å². The lowest BCUT2D eigenvalue weighted by molar-refractivity contribution is -0.121. The van der Waals surface area contributed by atoms with Gasteiger partial charge in [-0.2, -0.15) is 0 Å². The number of anilines is 1. The van der Waals surface area contributed by atoms with Gasteiger partial charge in [-0.25, -0.2) is 4.98 Å².